The van der Waals surface area contributed by atoms with E-state index in [0.717, 1.165) is 53.0 Å². The lowest BCUT2D eigenvalue weighted by Crippen LogP contribution is -2.02. The molecule has 1 N–H and O–H groups in total. The molecule has 4 aromatic rings. The minimum absolute atomic E-state index is 0.141. The fraction of sp³-hybridized carbons (Fsp3) is 0.226. The molecule has 184 valence electrons. The summed E-state index contributed by atoms with van der Waals surface area (Å²) in [6, 6.07) is 32.2. The van der Waals surface area contributed by atoms with E-state index < -0.39 is 5.97 Å². The van der Waals surface area contributed by atoms with Crippen LogP contribution in [-0.2, 0) is 11.2 Å². The molecule has 1 aromatic heterocycles. The average Bonchev–Trinajstić information content (AvgIpc) is 2.93. The van der Waals surface area contributed by atoms with Crippen LogP contribution in [0.2, 0.25) is 0 Å². The summed E-state index contributed by atoms with van der Waals surface area (Å²) in [7, 11) is 0. The standard InChI is InChI=1S/C31H31NO4/c33-31(34)19-16-24-14-17-28(18-15-24)35-20-8-3-9-21-36-30-23-27(25-10-4-1-5-11-25)22-29(32-30)26-12-6-2-7-13-26/h1-2,4-7,10-15,17-18,22-23H,3,8-9,16,19-21H2,(H,33,34). The number of hydrogen-bond donors (Lipinski definition) is 1. The molecule has 5 heteroatoms. The summed E-state index contributed by atoms with van der Waals surface area (Å²) in [4.78, 5) is 15.4. The number of rotatable bonds is 13. The molecule has 1 heterocycles. The van der Waals surface area contributed by atoms with Crippen molar-refractivity contribution < 1.29 is 19.4 Å². The monoisotopic (exact) mass is 481 g/mol. The van der Waals surface area contributed by atoms with Gasteiger partial charge >= 0.3 is 5.97 Å². The number of pyridine rings is 1. The van der Waals surface area contributed by atoms with Crippen LogP contribution in [0.3, 0.4) is 0 Å². The average molecular weight is 482 g/mol. The van der Waals surface area contributed by atoms with Crippen LogP contribution >= 0.6 is 0 Å². The van der Waals surface area contributed by atoms with Gasteiger partial charge in [-0.05, 0) is 60.6 Å². The molecule has 0 saturated heterocycles. The SMILES string of the molecule is O=C(O)CCc1ccc(OCCCCCOc2cc(-c3ccccc3)cc(-c3ccccc3)n2)cc1. The number of carboxylic acids is 1. The highest BCUT2D eigenvalue weighted by molar-refractivity contribution is 5.71. The molecule has 0 bridgehead atoms. The fourth-order valence-electron chi connectivity index (χ4n) is 3.88. The van der Waals surface area contributed by atoms with Crippen molar-refractivity contribution in [1.82, 2.24) is 4.98 Å². The highest BCUT2D eigenvalue weighted by Crippen LogP contribution is 2.28. The quantitative estimate of drug-likeness (QED) is 0.207. The molecule has 0 fully saturated rings. The van der Waals surface area contributed by atoms with Gasteiger partial charge in [0.1, 0.15) is 5.75 Å². The molecule has 0 aliphatic heterocycles. The van der Waals surface area contributed by atoms with Crippen LogP contribution < -0.4 is 9.47 Å². The van der Waals surface area contributed by atoms with Crippen molar-refractivity contribution in [2.24, 2.45) is 0 Å². The third-order valence-corrected chi connectivity index (χ3v) is 5.84. The second kappa shape index (κ2) is 13.1. The summed E-state index contributed by atoms with van der Waals surface area (Å²) in [6.07, 6.45) is 3.50. The molecule has 36 heavy (non-hydrogen) atoms. The van der Waals surface area contributed by atoms with Crippen LogP contribution in [0.5, 0.6) is 11.6 Å². The summed E-state index contributed by atoms with van der Waals surface area (Å²) < 4.78 is 11.9. The minimum atomic E-state index is -0.782. The number of benzene rings is 3. The zero-order chi connectivity index (χ0) is 25.0. The number of aryl methyl sites for hydroxylation is 1. The molecule has 5 nitrogen and oxygen atoms in total. The fourth-order valence-corrected chi connectivity index (χ4v) is 3.88. The molecular weight excluding hydrogens is 450 g/mol. The molecule has 4 rings (SSSR count). The van der Waals surface area contributed by atoms with Crippen molar-refractivity contribution in [2.45, 2.75) is 32.1 Å². The predicted octanol–water partition coefficient (Wildman–Crippen LogP) is 7.06. The van der Waals surface area contributed by atoms with Crippen molar-refractivity contribution in [3.63, 3.8) is 0 Å². The maximum atomic E-state index is 10.7. The second-order valence-electron chi connectivity index (χ2n) is 8.61. The van der Waals surface area contributed by atoms with E-state index in [1.807, 2.05) is 66.7 Å². The molecule has 0 amide bonds. The molecule has 0 atom stereocenters. The van der Waals surface area contributed by atoms with Gasteiger partial charge in [-0.15, -0.1) is 0 Å². The van der Waals surface area contributed by atoms with Gasteiger partial charge in [0.05, 0.1) is 18.9 Å². The first-order valence-corrected chi connectivity index (χ1v) is 12.4. The van der Waals surface area contributed by atoms with Crippen LogP contribution in [-0.4, -0.2) is 29.3 Å². The van der Waals surface area contributed by atoms with Gasteiger partial charge in [-0.25, -0.2) is 4.98 Å². The Bertz CT molecular complexity index is 1170. The number of nitrogens with zero attached hydrogens (tertiary/aromatic N) is 1. The molecule has 0 unspecified atom stereocenters. The van der Waals surface area contributed by atoms with E-state index in [9.17, 15) is 4.79 Å². The Labute approximate surface area is 212 Å². The smallest absolute Gasteiger partial charge is 0.303 e. The van der Waals surface area contributed by atoms with Crippen LogP contribution in [0, 0.1) is 0 Å². The topological polar surface area (TPSA) is 68.7 Å². The van der Waals surface area contributed by atoms with Gasteiger partial charge in [-0.2, -0.15) is 0 Å². The van der Waals surface area contributed by atoms with Crippen molar-refractivity contribution in [3.8, 4) is 34.0 Å². The zero-order valence-electron chi connectivity index (χ0n) is 20.3. The van der Waals surface area contributed by atoms with Crippen molar-refractivity contribution >= 4 is 5.97 Å². The van der Waals surface area contributed by atoms with Gasteiger partial charge in [-0.3, -0.25) is 4.79 Å². The zero-order valence-corrected chi connectivity index (χ0v) is 20.3. The van der Waals surface area contributed by atoms with Gasteiger partial charge in [-0.1, -0.05) is 72.8 Å². The van der Waals surface area contributed by atoms with Crippen molar-refractivity contribution in [2.75, 3.05) is 13.2 Å². The number of aromatic nitrogens is 1. The van der Waals surface area contributed by atoms with E-state index in [4.69, 9.17) is 19.6 Å². The summed E-state index contributed by atoms with van der Waals surface area (Å²) in [6.45, 7) is 1.23. The Morgan fingerprint density at radius 2 is 1.33 bits per heavy atom. The highest BCUT2D eigenvalue weighted by atomic mass is 16.5. The lowest BCUT2D eigenvalue weighted by atomic mass is 10.0. The largest absolute Gasteiger partial charge is 0.494 e. The summed E-state index contributed by atoms with van der Waals surface area (Å²) >= 11 is 0. The van der Waals surface area contributed by atoms with Gasteiger partial charge in [0.25, 0.3) is 0 Å². The maximum absolute atomic E-state index is 10.7. The third kappa shape index (κ3) is 7.70. The number of unbranched alkanes of at least 4 members (excludes halogenated alkanes) is 2. The van der Waals surface area contributed by atoms with E-state index >= 15 is 0 Å². The van der Waals surface area contributed by atoms with E-state index in [1.165, 1.54) is 0 Å². The Kier molecular flexibility index (Phi) is 9.09. The Balaban J connectivity index is 1.25. The lowest BCUT2D eigenvalue weighted by Gasteiger charge is -2.11. The van der Waals surface area contributed by atoms with Crippen LogP contribution in [0.25, 0.3) is 22.4 Å². The first-order valence-electron chi connectivity index (χ1n) is 12.4. The number of ether oxygens (including phenoxy) is 2. The van der Waals surface area contributed by atoms with Gasteiger partial charge in [0.15, 0.2) is 0 Å². The summed E-state index contributed by atoms with van der Waals surface area (Å²) in [5.41, 5.74) is 5.18. The number of carboxylic acid groups (broad SMARTS) is 1. The Morgan fingerprint density at radius 1 is 0.694 bits per heavy atom. The molecule has 3 aromatic carbocycles. The van der Waals surface area contributed by atoms with Gasteiger partial charge in [0.2, 0.25) is 5.88 Å². The van der Waals surface area contributed by atoms with Gasteiger partial charge in [0, 0.05) is 18.1 Å². The van der Waals surface area contributed by atoms with Crippen molar-refractivity contribution in [1.29, 1.82) is 0 Å². The molecule has 0 aliphatic rings. The van der Waals surface area contributed by atoms with Crippen molar-refractivity contribution in [3.05, 3.63) is 103 Å². The third-order valence-electron chi connectivity index (χ3n) is 5.84. The first-order chi connectivity index (χ1) is 17.7. The normalized spacial score (nSPS) is 10.7. The molecule has 0 aliphatic carbocycles. The van der Waals surface area contributed by atoms with Crippen LogP contribution in [0.1, 0.15) is 31.2 Å². The summed E-state index contributed by atoms with van der Waals surface area (Å²) in [5, 5.41) is 8.78. The highest BCUT2D eigenvalue weighted by Gasteiger charge is 2.08. The van der Waals surface area contributed by atoms with Crippen LogP contribution in [0.4, 0.5) is 0 Å². The molecule has 0 saturated carbocycles. The summed E-state index contributed by atoms with van der Waals surface area (Å²) in [5.74, 6) is 0.658. The molecular formula is C31H31NO4. The maximum Gasteiger partial charge on any atom is 0.303 e. The van der Waals surface area contributed by atoms with E-state index in [1.54, 1.807) is 0 Å². The lowest BCUT2D eigenvalue weighted by molar-refractivity contribution is -0.136. The first kappa shape index (κ1) is 25.0. The Morgan fingerprint density at radius 3 is 2.00 bits per heavy atom. The van der Waals surface area contributed by atoms with E-state index in [0.29, 0.717) is 25.5 Å². The predicted molar refractivity (Wildman–Crippen MR) is 142 cm³/mol. The second-order valence-corrected chi connectivity index (χ2v) is 8.61. The van der Waals surface area contributed by atoms with Gasteiger partial charge < -0.3 is 14.6 Å². The van der Waals surface area contributed by atoms with E-state index in [-0.39, 0.29) is 6.42 Å². The number of aliphatic carboxylic acids is 1. The number of carbonyl (C=O) groups is 1. The number of hydrogen-bond acceptors (Lipinski definition) is 4. The van der Waals surface area contributed by atoms with E-state index in [2.05, 4.69) is 30.3 Å². The Hall–Kier alpha value is -4.12. The molecule has 0 radical (unpaired) electrons. The minimum Gasteiger partial charge on any atom is -0.494 e. The molecule has 0 spiro atoms. The van der Waals surface area contributed by atoms with Crippen LogP contribution in [0.15, 0.2) is 97.1 Å².